The Kier molecular flexibility index (Phi) is 6.21. The summed E-state index contributed by atoms with van der Waals surface area (Å²) >= 11 is 0. The van der Waals surface area contributed by atoms with Crippen LogP contribution in [0.2, 0.25) is 0 Å². The predicted octanol–water partition coefficient (Wildman–Crippen LogP) is 2.49. The molecule has 4 nitrogen and oxygen atoms in total. The van der Waals surface area contributed by atoms with Crippen molar-refractivity contribution in [3.8, 4) is 0 Å². The van der Waals surface area contributed by atoms with Gasteiger partial charge in [0.1, 0.15) is 0 Å². The number of hydrogen-bond acceptors (Lipinski definition) is 3. The maximum atomic E-state index is 10.6. The molecule has 0 spiro atoms. The lowest BCUT2D eigenvalue weighted by atomic mass is 10.0. The zero-order valence-corrected chi connectivity index (χ0v) is 12.8. The largest absolute Gasteiger partial charge is 0.481 e. The molecule has 2 unspecified atom stereocenters. The summed E-state index contributed by atoms with van der Waals surface area (Å²) in [5.74, 6) is -0.710. The third kappa shape index (κ3) is 5.86. The van der Waals surface area contributed by atoms with E-state index in [4.69, 9.17) is 5.11 Å². The van der Waals surface area contributed by atoms with E-state index >= 15 is 0 Å². The highest BCUT2D eigenvalue weighted by molar-refractivity contribution is 5.66. The lowest BCUT2D eigenvalue weighted by Crippen LogP contribution is -2.48. The minimum atomic E-state index is -0.710. The van der Waals surface area contributed by atoms with Crippen LogP contribution in [0.1, 0.15) is 38.2 Å². The van der Waals surface area contributed by atoms with Crippen LogP contribution in [0.4, 0.5) is 0 Å². The summed E-state index contributed by atoms with van der Waals surface area (Å²) < 4.78 is 0. The normalized spacial score (nSPS) is 21.1. The van der Waals surface area contributed by atoms with Gasteiger partial charge in [-0.05, 0) is 38.3 Å². The van der Waals surface area contributed by atoms with Crippen molar-refractivity contribution in [2.45, 2.75) is 51.2 Å². The summed E-state index contributed by atoms with van der Waals surface area (Å²) in [7, 11) is 0. The maximum absolute atomic E-state index is 10.6. The second kappa shape index (κ2) is 8.15. The number of carboxylic acids is 1. The van der Waals surface area contributed by atoms with Crippen molar-refractivity contribution in [2.75, 3.05) is 13.1 Å². The van der Waals surface area contributed by atoms with Gasteiger partial charge >= 0.3 is 5.97 Å². The summed E-state index contributed by atoms with van der Waals surface area (Å²) in [5.41, 5.74) is 1.36. The second-order valence-electron chi connectivity index (χ2n) is 6.06. The third-order valence-corrected chi connectivity index (χ3v) is 4.07. The first-order chi connectivity index (χ1) is 10.1. The average Bonchev–Trinajstić information content (AvgIpc) is 2.46. The molecule has 2 atom stereocenters. The third-order valence-electron chi connectivity index (χ3n) is 4.07. The van der Waals surface area contributed by atoms with E-state index in [9.17, 15) is 4.79 Å². The highest BCUT2D eigenvalue weighted by atomic mass is 16.4. The van der Waals surface area contributed by atoms with E-state index < -0.39 is 5.97 Å². The van der Waals surface area contributed by atoms with Crippen molar-refractivity contribution in [1.29, 1.82) is 0 Å². The molecule has 1 heterocycles. The van der Waals surface area contributed by atoms with Crippen LogP contribution >= 0.6 is 0 Å². The van der Waals surface area contributed by atoms with E-state index in [1.54, 1.807) is 0 Å². The summed E-state index contributed by atoms with van der Waals surface area (Å²) in [4.78, 5) is 13.1. The SMILES string of the molecule is CC(CCC(=O)O)NC1CCCN(Cc2ccccc2)C1. The van der Waals surface area contributed by atoms with Gasteiger partial charge in [-0.2, -0.15) is 0 Å². The molecule has 116 valence electrons. The van der Waals surface area contributed by atoms with Crippen LogP contribution in [0.3, 0.4) is 0 Å². The standard InChI is InChI=1S/C17H26N2O2/c1-14(9-10-17(20)21)18-16-8-5-11-19(13-16)12-15-6-3-2-4-7-15/h2-4,6-7,14,16,18H,5,8-13H2,1H3,(H,20,21). The Labute approximate surface area is 127 Å². The Hall–Kier alpha value is -1.39. The summed E-state index contributed by atoms with van der Waals surface area (Å²) in [6.07, 6.45) is 3.33. The van der Waals surface area contributed by atoms with Gasteiger partial charge in [0.15, 0.2) is 0 Å². The number of rotatable bonds is 7. The van der Waals surface area contributed by atoms with E-state index in [1.807, 2.05) is 6.07 Å². The number of aliphatic carboxylic acids is 1. The van der Waals surface area contributed by atoms with Crippen molar-refractivity contribution in [1.82, 2.24) is 10.2 Å². The number of piperidine rings is 1. The van der Waals surface area contributed by atoms with Gasteiger partial charge in [0.05, 0.1) is 0 Å². The molecule has 0 amide bonds. The highest BCUT2D eigenvalue weighted by Crippen LogP contribution is 2.14. The van der Waals surface area contributed by atoms with Crippen LogP contribution < -0.4 is 5.32 Å². The Bertz CT molecular complexity index is 436. The van der Waals surface area contributed by atoms with E-state index in [0.717, 1.165) is 19.6 Å². The molecule has 0 aromatic heterocycles. The summed E-state index contributed by atoms with van der Waals surface area (Å²) in [6.45, 7) is 5.28. The van der Waals surface area contributed by atoms with Crippen molar-refractivity contribution < 1.29 is 9.90 Å². The van der Waals surface area contributed by atoms with Crippen molar-refractivity contribution in [3.63, 3.8) is 0 Å². The number of carbonyl (C=O) groups is 1. The van der Waals surface area contributed by atoms with Crippen LogP contribution in [0.15, 0.2) is 30.3 Å². The highest BCUT2D eigenvalue weighted by Gasteiger charge is 2.21. The van der Waals surface area contributed by atoms with Crippen LogP contribution in [-0.4, -0.2) is 41.1 Å². The molecule has 2 rings (SSSR count). The molecule has 1 fully saturated rings. The van der Waals surface area contributed by atoms with Gasteiger partial charge < -0.3 is 10.4 Å². The quantitative estimate of drug-likeness (QED) is 0.810. The Morgan fingerprint density at radius 1 is 1.43 bits per heavy atom. The van der Waals surface area contributed by atoms with Crippen molar-refractivity contribution in [2.24, 2.45) is 0 Å². The van der Waals surface area contributed by atoms with Gasteiger partial charge in [0.25, 0.3) is 0 Å². The van der Waals surface area contributed by atoms with E-state index in [-0.39, 0.29) is 12.5 Å². The molecule has 4 heteroatoms. The van der Waals surface area contributed by atoms with Crippen LogP contribution in [0.5, 0.6) is 0 Å². The molecule has 1 saturated heterocycles. The molecule has 2 N–H and O–H groups in total. The minimum Gasteiger partial charge on any atom is -0.481 e. The Morgan fingerprint density at radius 2 is 2.19 bits per heavy atom. The first kappa shape index (κ1) is 16.0. The second-order valence-corrected chi connectivity index (χ2v) is 6.06. The summed E-state index contributed by atoms with van der Waals surface area (Å²) in [5, 5.41) is 12.3. The fourth-order valence-corrected chi connectivity index (χ4v) is 3.00. The zero-order valence-electron chi connectivity index (χ0n) is 12.8. The molecular formula is C17H26N2O2. The van der Waals surface area contributed by atoms with E-state index in [2.05, 4.69) is 41.4 Å². The van der Waals surface area contributed by atoms with Gasteiger partial charge in [-0.15, -0.1) is 0 Å². The first-order valence-corrected chi connectivity index (χ1v) is 7.87. The van der Waals surface area contributed by atoms with Gasteiger partial charge in [-0.25, -0.2) is 0 Å². The van der Waals surface area contributed by atoms with Crippen molar-refractivity contribution in [3.05, 3.63) is 35.9 Å². The van der Waals surface area contributed by atoms with Crippen molar-refractivity contribution >= 4 is 5.97 Å². The fraction of sp³-hybridized carbons (Fsp3) is 0.588. The van der Waals surface area contributed by atoms with E-state index in [0.29, 0.717) is 12.5 Å². The average molecular weight is 290 g/mol. The zero-order chi connectivity index (χ0) is 15.1. The molecule has 1 aromatic rings. The van der Waals surface area contributed by atoms with Gasteiger partial charge in [0.2, 0.25) is 0 Å². The van der Waals surface area contributed by atoms with Crippen LogP contribution in [-0.2, 0) is 11.3 Å². The maximum Gasteiger partial charge on any atom is 0.303 e. The lowest BCUT2D eigenvalue weighted by Gasteiger charge is -2.34. The summed E-state index contributed by atoms with van der Waals surface area (Å²) in [6, 6.07) is 11.3. The number of benzene rings is 1. The topological polar surface area (TPSA) is 52.6 Å². The monoisotopic (exact) mass is 290 g/mol. The molecule has 0 radical (unpaired) electrons. The molecule has 1 aromatic carbocycles. The van der Waals surface area contributed by atoms with Gasteiger partial charge in [-0.3, -0.25) is 9.69 Å². The van der Waals surface area contributed by atoms with Crippen LogP contribution in [0.25, 0.3) is 0 Å². The molecular weight excluding hydrogens is 264 g/mol. The predicted molar refractivity (Wildman–Crippen MR) is 84.2 cm³/mol. The van der Waals surface area contributed by atoms with Gasteiger partial charge in [-0.1, -0.05) is 30.3 Å². The number of nitrogens with one attached hydrogen (secondary N) is 1. The minimum absolute atomic E-state index is 0.245. The number of hydrogen-bond donors (Lipinski definition) is 2. The lowest BCUT2D eigenvalue weighted by molar-refractivity contribution is -0.137. The molecule has 0 bridgehead atoms. The molecule has 1 aliphatic heterocycles. The van der Waals surface area contributed by atoms with E-state index in [1.165, 1.54) is 18.4 Å². The van der Waals surface area contributed by atoms with Crippen LogP contribution in [0, 0.1) is 0 Å². The van der Waals surface area contributed by atoms with Gasteiger partial charge in [0, 0.05) is 31.6 Å². The number of carboxylic acid groups (broad SMARTS) is 1. The first-order valence-electron chi connectivity index (χ1n) is 7.87. The molecule has 0 aliphatic carbocycles. The smallest absolute Gasteiger partial charge is 0.303 e. The molecule has 21 heavy (non-hydrogen) atoms. The Morgan fingerprint density at radius 3 is 2.90 bits per heavy atom. The number of likely N-dealkylation sites (tertiary alicyclic amines) is 1. The number of nitrogens with zero attached hydrogens (tertiary/aromatic N) is 1. The molecule has 0 saturated carbocycles. The fourth-order valence-electron chi connectivity index (χ4n) is 3.00. The Balaban J connectivity index is 1.76. The molecule has 1 aliphatic rings.